The average molecular weight is 669 g/mol. The standard InChI is InChI=1S/C34H54O9P2/c1-5-9-23-40-44(36,41-24-10-6-2)29-27-38-34(32-21-17-14-18-22-32,33(35)31-19-15-13-16-20-31)39-28-30-45(37,42-25-11-7-3)43-26-12-8-4/h13-22H,5-12,23-30H2,1-4H3. The molecule has 9 nitrogen and oxygen atoms in total. The number of ether oxygens (including phenoxy) is 2. The largest absolute Gasteiger partial charge is 0.339 e. The maximum Gasteiger partial charge on any atom is 0.332 e. The molecule has 0 amide bonds. The average Bonchev–Trinajstić information content (AvgIpc) is 3.05. The Morgan fingerprint density at radius 1 is 0.556 bits per heavy atom. The second-order valence-corrected chi connectivity index (χ2v) is 15.2. The molecule has 0 unspecified atom stereocenters. The molecule has 0 aromatic heterocycles. The van der Waals surface area contributed by atoms with Crippen LogP contribution in [0.25, 0.3) is 0 Å². The van der Waals surface area contributed by atoms with Gasteiger partial charge in [0.2, 0.25) is 5.78 Å². The van der Waals surface area contributed by atoms with Crippen molar-refractivity contribution in [3.8, 4) is 0 Å². The van der Waals surface area contributed by atoms with Crippen LogP contribution in [-0.4, -0.2) is 57.7 Å². The number of hydrogen-bond donors (Lipinski definition) is 0. The van der Waals surface area contributed by atoms with Crippen LogP contribution in [0.4, 0.5) is 0 Å². The van der Waals surface area contributed by atoms with Crippen LogP contribution < -0.4 is 0 Å². The van der Waals surface area contributed by atoms with Crippen molar-refractivity contribution in [1.82, 2.24) is 0 Å². The summed E-state index contributed by atoms with van der Waals surface area (Å²) >= 11 is 0. The van der Waals surface area contributed by atoms with Crippen LogP contribution in [0, 0.1) is 0 Å². The van der Waals surface area contributed by atoms with E-state index in [1.807, 2.05) is 39.8 Å². The fourth-order valence-electron chi connectivity index (χ4n) is 4.23. The van der Waals surface area contributed by atoms with Gasteiger partial charge in [0.15, 0.2) is 0 Å². The van der Waals surface area contributed by atoms with Crippen molar-refractivity contribution in [2.24, 2.45) is 0 Å². The van der Waals surface area contributed by atoms with Gasteiger partial charge in [0.05, 0.1) is 52.0 Å². The van der Waals surface area contributed by atoms with E-state index in [0.29, 0.717) is 37.6 Å². The highest BCUT2D eigenvalue weighted by atomic mass is 31.2. The van der Waals surface area contributed by atoms with Crippen LogP contribution in [0.3, 0.4) is 0 Å². The van der Waals surface area contributed by atoms with E-state index in [9.17, 15) is 13.9 Å². The van der Waals surface area contributed by atoms with Gasteiger partial charge in [-0.15, -0.1) is 0 Å². The number of ketones is 1. The fraction of sp³-hybridized carbons (Fsp3) is 0.618. The zero-order chi connectivity index (χ0) is 32.9. The number of carbonyl (C=O) groups is 1. The minimum atomic E-state index is -3.52. The Bertz CT molecular complexity index is 1090. The predicted octanol–water partition coefficient (Wildman–Crippen LogP) is 9.41. The Morgan fingerprint density at radius 2 is 0.911 bits per heavy atom. The van der Waals surface area contributed by atoms with E-state index in [0.717, 1.165) is 51.4 Å². The molecule has 254 valence electrons. The number of Topliss-reactive ketones (excluding diaryl/α,β-unsaturated/α-hetero) is 1. The van der Waals surface area contributed by atoms with Crippen molar-refractivity contribution < 1.29 is 41.5 Å². The number of hydrogen-bond acceptors (Lipinski definition) is 9. The molecule has 45 heavy (non-hydrogen) atoms. The van der Waals surface area contributed by atoms with Crippen LogP contribution >= 0.6 is 15.2 Å². The Kier molecular flexibility index (Phi) is 19.3. The van der Waals surface area contributed by atoms with Gasteiger partial charge in [0, 0.05) is 11.1 Å². The third-order valence-corrected chi connectivity index (χ3v) is 10.7. The lowest BCUT2D eigenvalue weighted by atomic mass is 9.95. The first-order valence-corrected chi connectivity index (χ1v) is 19.9. The SMILES string of the molecule is CCCCOP(=O)(CCOC(OCCP(=O)(OCCCC)OCCCC)(C(=O)c1ccccc1)c1ccccc1)OCCCC. The van der Waals surface area contributed by atoms with Crippen LogP contribution in [0.2, 0.25) is 0 Å². The highest BCUT2D eigenvalue weighted by Crippen LogP contribution is 2.50. The van der Waals surface area contributed by atoms with E-state index >= 15 is 0 Å². The monoisotopic (exact) mass is 668 g/mol. The summed E-state index contributed by atoms with van der Waals surface area (Å²) in [5, 5.41) is 0. The summed E-state index contributed by atoms with van der Waals surface area (Å²) in [6.07, 6.45) is 6.37. The van der Waals surface area contributed by atoms with Gasteiger partial charge < -0.3 is 27.6 Å². The Balaban J connectivity index is 2.40. The lowest BCUT2D eigenvalue weighted by Crippen LogP contribution is -2.43. The van der Waals surface area contributed by atoms with Crippen molar-refractivity contribution in [3.05, 3.63) is 71.8 Å². The van der Waals surface area contributed by atoms with Gasteiger partial charge in [-0.3, -0.25) is 13.9 Å². The maximum atomic E-state index is 14.3. The minimum absolute atomic E-state index is 0.0702. The molecule has 0 aliphatic heterocycles. The number of unbranched alkanes of at least 4 members (excludes halogenated alkanes) is 4. The molecule has 0 aliphatic rings. The Hall–Kier alpha value is -1.67. The Morgan fingerprint density at radius 3 is 1.27 bits per heavy atom. The molecular weight excluding hydrogens is 614 g/mol. The highest BCUT2D eigenvalue weighted by molar-refractivity contribution is 7.54. The van der Waals surface area contributed by atoms with E-state index < -0.39 is 26.8 Å². The third kappa shape index (κ3) is 13.9. The van der Waals surface area contributed by atoms with Crippen LogP contribution in [-0.2, 0) is 42.5 Å². The summed E-state index contributed by atoms with van der Waals surface area (Å²) in [4.78, 5) is 14.3. The zero-order valence-corrected chi connectivity index (χ0v) is 29.4. The smallest absolute Gasteiger partial charge is 0.332 e. The normalized spacial score (nSPS) is 12.4. The molecular formula is C34H54O9P2. The first-order chi connectivity index (χ1) is 21.8. The number of carbonyl (C=O) groups excluding carboxylic acids is 1. The minimum Gasteiger partial charge on any atom is -0.339 e. The molecule has 0 bridgehead atoms. The summed E-state index contributed by atoms with van der Waals surface area (Å²) < 4.78 is 63.2. The van der Waals surface area contributed by atoms with Gasteiger partial charge >= 0.3 is 15.2 Å². The zero-order valence-electron chi connectivity index (χ0n) is 27.7. The molecule has 0 N–H and O–H groups in total. The second-order valence-electron chi connectivity index (χ2n) is 10.8. The molecule has 0 spiro atoms. The number of rotatable bonds is 27. The molecule has 11 heteroatoms. The van der Waals surface area contributed by atoms with Gasteiger partial charge in [0.1, 0.15) is 0 Å². The summed E-state index contributed by atoms with van der Waals surface area (Å²) in [7, 11) is -7.04. The van der Waals surface area contributed by atoms with Gasteiger partial charge in [-0.1, -0.05) is 114 Å². The van der Waals surface area contributed by atoms with E-state index in [1.54, 1.807) is 48.5 Å². The molecule has 0 aliphatic carbocycles. The third-order valence-electron chi connectivity index (χ3n) is 6.97. The second kappa shape index (κ2) is 22.0. The quantitative estimate of drug-likeness (QED) is 0.0398. The number of benzene rings is 2. The van der Waals surface area contributed by atoms with E-state index in [-0.39, 0.29) is 25.5 Å². The van der Waals surface area contributed by atoms with Gasteiger partial charge in [-0.05, 0) is 25.7 Å². The predicted molar refractivity (Wildman–Crippen MR) is 179 cm³/mol. The summed E-state index contributed by atoms with van der Waals surface area (Å²) in [5.41, 5.74) is 0.811. The van der Waals surface area contributed by atoms with Crippen molar-refractivity contribution in [3.63, 3.8) is 0 Å². The van der Waals surface area contributed by atoms with Crippen molar-refractivity contribution >= 4 is 21.0 Å². The van der Waals surface area contributed by atoms with Crippen molar-refractivity contribution in [1.29, 1.82) is 0 Å². The van der Waals surface area contributed by atoms with Crippen molar-refractivity contribution in [2.45, 2.75) is 84.8 Å². The van der Waals surface area contributed by atoms with E-state index in [2.05, 4.69) is 0 Å². The first kappa shape index (κ1) is 39.5. The van der Waals surface area contributed by atoms with E-state index in [1.165, 1.54) is 0 Å². The van der Waals surface area contributed by atoms with Gasteiger partial charge in [-0.25, -0.2) is 0 Å². The summed E-state index contributed by atoms with van der Waals surface area (Å²) in [6.45, 7) is 9.00. The van der Waals surface area contributed by atoms with Crippen molar-refractivity contribution in [2.75, 3.05) is 52.0 Å². The Labute approximate surface area is 270 Å². The molecule has 2 aromatic carbocycles. The molecule has 0 fully saturated rings. The lowest BCUT2D eigenvalue weighted by Gasteiger charge is -2.34. The highest BCUT2D eigenvalue weighted by Gasteiger charge is 2.45. The molecule has 2 rings (SSSR count). The van der Waals surface area contributed by atoms with Crippen LogP contribution in [0.15, 0.2) is 60.7 Å². The van der Waals surface area contributed by atoms with Crippen LogP contribution in [0.1, 0.15) is 95.0 Å². The molecule has 0 heterocycles. The van der Waals surface area contributed by atoms with E-state index in [4.69, 9.17) is 27.6 Å². The lowest BCUT2D eigenvalue weighted by molar-refractivity contribution is -0.204. The first-order valence-electron chi connectivity index (χ1n) is 16.5. The maximum absolute atomic E-state index is 14.3. The molecule has 0 saturated heterocycles. The summed E-state index contributed by atoms with van der Waals surface area (Å²) in [5.74, 6) is -2.38. The van der Waals surface area contributed by atoms with Gasteiger partial charge in [-0.2, -0.15) is 0 Å². The summed E-state index contributed by atoms with van der Waals surface area (Å²) in [6, 6.07) is 17.6. The van der Waals surface area contributed by atoms with Crippen LogP contribution in [0.5, 0.6) is 0 Å². The molecule has 0 radical (unpaired) electrons. The van der Waals surface area contributed by atoms with Gasteiger partial charge in [0.25, 0.3) is 5.79 Å². The fourth-order valence-corrected chi connectivity index (χ4v) is 7.16. The molecule has 0 saturated carbocycles. The molecule has 2 aromatic rings. The molecule has 0 atom stereocenters. The topological polar surface area (TPSA) is 107 Å².